The van der Waals surface area contributed by atoms with E-state index in [-0.39, 0.29) is 16.9 Å². The van der Waals surface area contributed by atoms with Gasteiger partial charge in [0.2, 0.25) is 0 Å². The second kappa shape index (κ2) is 7.73. The molecule has 0 radical (unpaired) electrons. The van der Waals surface area contributed by atoms with Crippen LogP contribution in [0.15, 0.2) is 48.5 Å². The third-order valence-corrected chi connectivity index (χ3v) is 7.22. The molecule has 8 heteroatoms. The number of hydrogen-bond acceptors (Lipinski definition) is 4. The Hall–Kier alpha value is -3.13. The molecule has 1 spiro atoms. The van der Waals surface area contributed by atoms with Gasteiger partial charge in [0.1, 0.15) is 17.5 Å². The van der Waals surface area contributed by atoms with Crippen molar-refractivity contribution in [3.05, 3.63) is 82.9 Å². The van der Waals surface area contributed by atoms with Crippen molar-refractivity contribution in [1.82, 2.24) is 25.0 Å². The van der Waals surface area contributed by atoms with Crippen molar-refractivity contribution < 1.29 is 13.6 Å². The summed E-state index contributed by atoms with van der Waals surface area (Å²) in [5, 5.41) is 7.63. The molecule has 3 aliphatic rings. The smallest absolute Gasteiger partial charge is 0.256 e. The lowest BCUT2D eigenvalue weighted by Crippen LogP contribution is -2.61. The third-order valence-electron chi connectivity index (χ3n) is 7.22. The van der Waals surface area contributed by atoms with E-state index in [2.05, 4.69) is 27.2 Å². The lowest BCUT2D eigenvalue weighted by atomic mass is 9.71. The van der Waals surface area contributed by atoms with Crippen LogP contribution in [0.5, 0.6) is 0 Å². The van der Waals surface area contributed by atoms with Gasteiger partial charge in [0.25, 0.3) is 5.91 Å². The highest BCUT2D eigenvalue weighted by Crippen LogP contribution is 2.49. The van der Waals surface area contributed by atoms with Gasteiger partial charge < -0.3 is 4.90 Å². The maximum absolute atomic E-state index is 14.2. The van der Waals surface area contributed by atoms with E-state index in [1.807, 2.05) is 18.2 Å². The second-order valence-corrected chi connectivity index (χ2v) is 9.71. The van der Waals surface area contributed by atoms with Gasteiger partial charge in [-0.1, -0.05) is 30.3 Å². The number of halogens is 2. The van der Waals surface area contributed by atoms with Crippen molar-refractivity contribution in [2.24, 2.45) is 5.41 Å². The minimum absolute atomic E-state index is 0.0855. The summed E-state index contributed by atoms with van der Waals surface area (Å²) in [6.07, 6.45) is 2.28. The minimum Gasteiger partial charge on any atom is -0.337 e. The van der Waals surface area contributed by atoms with Gasteiger partial charge in [-0.05, 0) is 30.5 Å². The molecule has 33 heavy (non-hydrogen) atoms. The van der Waals surface area contributed by atoms with Crippen molar-refractivity contribution in [3.8, 4) is 0 Å². The van der Waals surface area contributed by atoms with Crippen LogP contribution in [-0.2, 0) is 6.54 Å². The molecule has 3 fully saturated rings. The minimum atomic E-state index is -0.820. The van der Waals surface area contributed by atoms with Gasteiger partial charge in [-0.25, -0.2) is 13.8 Å². The molecule has 2 saturated heterocycles. The first-order chi connectivity index (χ1) is 16.0. The molecule has 1 amide bonds. The summed E-state index contributed by atoms with van der Waals surface area (Å²) in [7, 11) is 0. The number of nitrogens with zero attached hydrogens (tertiary/aromatic N) is 4. The maximum atomic E-state index is 14.2. The van der Waals surface area contributed by atoms with E-state index in [0.717, 1.165) is 56.3 Å². The third kappa shape index (κ3) is 3.72. The number of carbonyl (C=O) groups is 1. The normalized spacial score (nSPS) is 22.0. The number of carbonyl (C=O) groups excluding carboxylic acids is 1. The van der Waals surface area contributed by atoms with Gasteiger partial charge in [0.05, 0.1) is 5.56 Å². The molecule has 1 N–H and O–H groups in total. The Morgan fingerprint density at radius 3 is 2.61 bits per heavy atom. The number of H-pyrrole nitrogens is 1. The lowest BCUT2D eigenvalue weighted by molar-refractivity contribution is 0.00146. The fourth-order valence-electron chi connectivity index (χ4n) is 5.39. The zero-order valence-corrected chi connectivity index (χ0v) is 18.2. The maximum Gasteiger partial charge on any atom is 0.256 e. The number of amides is 1. The summed E-state index contributed by atoms with van der Waals surface area (Å²) in [6, 6.07) is 13.4. The van der Waals surface area contributed by atoms with Crippen LogP contribution in [0.1, 0.15) is 52.2 Å². The van der Waals surface area contributed by atoms with E-state index in [9.17, 15) is 13.6 Å². The molecule has 1 atom stereocenters. The zero-order chi connectivity index (χ0) is 22.6. The summed E-state index contributed by atoms with van der Waals surface area (Å²) < 4.78 is 27.5. The van der Waals surface area contributed by atoms with Crippen LogP contribution in [0, 0.1) is 17.0 Å². The van der Waals surface area contributed by atoms with Crippen molar-refractivity contribution >= 4 is 5.91 Å². The molecular weight excluding hydrogens is 424 g/mol. The van der Waals surface area contributed by atoms with Gasteiger partial charge in [0, 0.05) is 56.0 Å². The van der Waals surface area contributed by atoms with Crippen LogP contribution < -0.4 is 0 Å². The number of likely N-dealkylation sites (tertiary alicyclic amines) is 2. The largest absolute Gasteiger partial charge is 0.337 e. The van der Waals surface area contributed by atoms with Crippen LogP contribution in [-0.4, -0.2) is 57.1 Å². The number of benzene rings is 2. The molecule has 2 aliphatic heterocycles. The summed E-state index contributed by atoms with van der Waals surface area (Å²) in [4.78, 5) is 21.8. The molecular formula is C25H25F2N5O. The highest BCUT2D eigenvalue weighted by atomic mass is 19.1. The number of hydrogen-bond donors (Lipinski definition) is 1. The molecule has 170 valence electrons. The first kappa shape index (κ1) is 20.5. The molecule has 1 aliphatic carbocycles. The molecule has 6 nitrogen and oxygen atoms in total. The highest BCUT2D eigenvalue weighted by molar-refractivity contribution is 5.95. The topological polar surface area (TPSA) is 65.1 Å². The molecule has 1 unspecified atom stereocenters. The molecule has 0 bridgehead atoms. The molecule has 1 saturated carbocycles. The standard InChI is InChI=1S/C25H25F2N5O/c26-18-8-9-19(21(27)10-18)24(33)32-14-25(15-32)13-31(11-16-4-2-1-3-5-16)12-20(25)23-28-22(29-30-23)17-6-7-17/h1-5,8-10,17,20H,6-7,11-15H2,(H,28,29,30). The SMILES string of the molecule is O=C(c1ccc(F)cc1F)N1CC2(CN(Cc3ccccc3)CC2c2nc(C3CC3)n[nH]2)C1. The lowest BCUT2D eigenvalue weighted by Gasteiger charge is -2.50. The Bertz CT molecular complexity index is 1190. The molecule has 3 heterocycles. The van der Waals surface area contributed by atoms with Crippen molar-refractivity contribution in [2.45, 2.75) is 31.2 Å². The summed E-state index contributed by atoms with van der Waals surface area (Å²) in [5.41, 5.74) is 0.990. The van der Waals surface area contributed by atoms with E-state index in [1.165, 1.54) is 11.6 Å². The quantitative estimate of drug-likeness (QED) is 0.645. The Labute approximate surface area is 190 Å². The zero-order valence-electron chi connectivity index (χ0n) is 18.2. The average Bonchev–Trinajstić information content (AvgIpc) is 3.38. The van der Waals surface area contributed by atoms with Gasteiger partial charge in [0.15, 0.2) is 5.82 Å². The van der Waals surface area contributed by atoms with Gasteiger partial charge in [-0.15, -0.1) is 0 Å². The fourth-order valence-corrected chi connectivity index (χ4v) is 5.39. The predicted molar refractivity (Wildman–Crippen MR) is 118 cm³/mol. The summed E-state index contributed by atoms with van der Waals surface area (Å²) in [5.74, 6) is 0.453. The Morgan fingerprint density at radius 1 is 1.09 bits per heavy atom. The van der Waals surface area contributed by atoms with Crippen LogP contribution in [0.3, 0.4) is 0 Å². The Kier molecular flexibility index (Phi) is 4.79. The van der Waals surface area contributed by atoms with Crippen LogP contribution in [0.4, 0.5) is 8.78 Å². The molecule has 1 aromatic heterocycles. The van der Waals surface area contributed by atoms with E-state index >= 15 is 0 Å². The summed E-state index contributed by atoms with van der Waals surface area (Å²) >= 11 is 0. The molecule has 2 aromatic carbocycles. The molecule has 3 aromatic rings. The Morgan fingerprint density at radius 2 is 1.88 bits per heavy atom. The number of rotatable bonds is 5. The van der Waals surface area contributed by atoms with E-state index in [4.69, 9.17) is 4.98 Å². The number of aromatic nitrogens is 3. The van der Waals surface area contributed by atoms with Crippen molar-refractivity contribution in [1.29, 1.82) is 0 Å². The van der Waals surface area contributed by atoms with Gasteiger partial charge >= 0.3 is 0 Å². The number of nitrogens with one attached hydrogen (secondary N) is 1. The average molecular weight is 450 g/mol. The van der Waals surface area contributed by atoms with E-state index in [1.54, 1.807) is 4.90 Å². The monoisotopic (exact) mass is 449 g/mol. The van der Waals surface area contributed by atoms with Crippen LogP contribution in [0.25, 0.3) is 0 Å². The Balaban J connectivity index is 1.24. The first-order valence-corrected chi connectivity index (χ1v) is 11.4. The second-order valence-electron chi connectivity index (χ2n) is 9.71. The van der Waals surface area contributed by atoms with Crippen LogP contribution >= 0.6 is 0 Å². The van der Waals surface area contributed by atoms with Gasteiger partial charge in [-0.3, -0.25) is 14.8 Å². The van der Waals surface area contributed by atoms with Crippen molar-refractivity contribution in [2.75, 3.05) is 26.2 Å². The fraction of sp³-hybridized carbons (Fsp3) is 0.400. The van der Waals surface area contributed by atoms with E-state index in [0.29, 0.717) is 19.0 Å². The van der Waals surface area contributed by atoms with Gasteiger partial charge in [-0.2, -0.15) is 5.10 Å². The van der Waals surface area contributed by atoms with E-state index < -0.39 is 17.5 Å². The van der Waals surface area contributed by atoms with Crippen LogP contribution in [0.2, 0.25) is 0 Å². The number of aromatic amines is 1. The van der Waals surface area contributed by atoms with Crippen molar-refractivity contribution in [3.63, 3.8) is 0 Å². The highest BCUT2D eigenvalue weighted by Gasteiger charge is 2.57. The summed E-state index contributed by atoms with van der Waals surface area (Å²) in [6.45, 7) is 3.49. The molecule has 6 rings (SSSR count). The first-order valence-electron chi connectivity index (χ1n) is 11.4. The predicted octanol–water partition coefficient (Wildman–Crippen LogP) is 3.70.